The van der Waals surface area contributed by atoms with Gasteiger partial charge >= 0.3 is 5.97 Å². The molecule has 0 saturated heterocycles. The van der Waals surface area contributed by atoms with Crippen molar-refractivity contribution in [2.24, 2.45) is 0 Å². The number of ether oxygens (including phenoxy) is 2. The Morgan fingerprint density at radius 2 is 1.80 bits per heavy atom. The Hall–Kier alpha value is -2.91. The molecule has 0 unspecified atom stereocenters. The highest BCUT2D eigenvalue weighted by Gasteiger charge is 2.35. The van der Waals surface area contributed by atoms with Crippen LogP contribution in [0, 0.1) is 0 Å². The van der Waals surface area contributed by atoms with Crippen LogP contribution in [0.3, 0.4) is 0 Å². The average Bonchev–Trinajstić information content (AvgIpc) is 2.75. The minimum absolute atomic E-state index is 0.0567. The van der Waals surface area contributed by atoms with E-state index in [-0.39, 0.29) is 19.6 Å². The molecule has 1 heterocycles. The predicted octanol–water partition coefficient (Wildman–Crippen LogP) is 1.46. The second kappa shape index (κ2) is 9.27. The van der Waals surface area contributed by atoms with Crippen LogP contribution < -0.4 is 9.64 Å². The molecule has 1 aliphatic rings. The lowest BCUT2D eigenvalue weighted by Gasteiger charge is -2.34. The lowest BCUT2D eigenvalue weighted by Crippen LogP contribution is -2.51. The molecule has 1 amide bonds. The number of amides is 1. The Kier molecular flexibility index (Phi) is 6.73. The molecule has 0 N–H and O–H groups in total. The molecule has 8 nitrogen and oxygen atoms in total. The normalized spacial score (nSPS) is 16.0. The van der Waals surface area contributed by atoms with Crippen molar-refractivity contribution in [1.82, 2.24) is 4.31 Å². The first kappa shape index (κ1) is 21.8. The second-order valence-electron chi connectivity index (χ2n) is 6.93. The summed E-state index contributed by atoms with van der Waals surface area (Å²) in [7, 11) is -2.37. The monoisotopic (exact) mass is 432 g/mol. The summed E-state index contributed by atoms with van der Waals surface area (Å²) in [5.74, 6) is -0.688. The van der Waals surface area contributed by atoms with Crippen LogP contribution in [0.5, 0.6) is 5.75 Å². The Morgan fingerprint density at radius 3 is 2.47 bits per heavy atom. The van der Waals surface area contributed by atoms with Crippen molar-refractivity contribution in [3.05, 3.63) is 60.2 Å². The molecule has 30 heavy (non-hydrogen) atoms. The first-order valence-corrected chi connectivity index (χ1v) is 11.3. The number of sulfonamides is 1. The molecule has 160 valence electrons. The second-order valence-corrected chi connectivity index (χ2v) is 8.92. The van der Waals surface area contributed by atoms with Gasteiger partial charge in [0.25, 0.3) is 0 Å². The number of esters is 1. The predicted molar refractivity (Wildman–Crippen MR) is 112 cm³/mol. The Labute approximate surface area is 176 Å². The lowest BCUT2D eigenvalue weighted by atomic mass is 10.1. The fraction of sp³-hybridized carbons (Fsp3) is 0.333. The van der Waals surface area contributed by atoms with E-state index in [0.717, 1.165) is 16.1 Å². The molecule has 1 aliphatic heterocycles. The first-order valence-electron chi connectivity index (χ1n) is 9.42. The Bertz CT molecular complexity index is 1010. The number of hydrogen-bond acceptors (Lipinski definition) is 6. The molecule has 2 aromatic carbocycles. The zero-order chi connectivity index (χ0) is 21.7. The summed E-state index contributed by atoms with van der Waals surface area (Å²) in [6.45, 7) is -0.228. The Morgan fingerprint density at radius 1 is 1.13 bits per heavy atom. The van der Waals surface area contributed by atoms with Crippen LogP contribution in [0.4, 0.5) is 5.69 Å². The molecule has 0 aliphatic carbocycles. The number of carbonyl (C=O) groups excluding carboxylic acids is 2. The van der Waals surface area contributed by atoms with E-state index in [1.54, 1.807) is 24.3 Å². The van der Waals surface area contributed by atoms with E-state index in [1.165, 1.54) is 12.0 Å². The van der Waals surface area contributed by atoms with Crippen LogP contribution in [-0.2, 0) is 30.8 Å². The molecule has 2 aromatic rings. The summed E-state index contributed by atoms with van der Waals surface area (Å²) >= 11 is 0. The summed E-state index contributed by atoms with van der Waals surface area (Å²) in [5, 5.41) is 0. The van der Waals surface area contributed by atoms with Gasteiger partial charge in [-0.25, -0.2) is 13.2 Å². The zero-order valence-electron chi connectivity index (χ0n) is 16.9. The number of hydrogen-bond donors (Lipinski definition) is 0. The molecule has 0 spiro atoms. The molecular weight excluding hydrogens is 408 g/mol. The van der Waals surface area contributed by atoms with Crippen molar-refractivity contribution in [3.63, 3.8) is 0 Å². The van der Waals surface area contributed by atoms with E-state index in [1.807, 2.05) is 30.3 Å². The van der Waals surface area contributed by atoms with Gasteiger partial charge in [-0.05, 0) is 24.1 Å². The van der Waals surface area contributed by atoms with E-state index in [9.17, 15) is 18.0 Å². The van der Waals surface area contributed by atoms with Gasteiger partial charge in [0, 0.05) is 6.54 Å². The maximum Gasteiger partial charge on any atom is 0.348 e. The highest BCUT2D eigenvalue weighted by molar-refractivity contribution is 7.88. The van der Waals surface area contributed by atoms with E-state index >= 15 is 0 Å². The smallest absolute Gasteiger partial charge is 0.348 e. The third-order valence-corrected chi connectivity index (χ3v) is 6.06. The summed E-state index contributed by atoms with van der Waals surface area (Å²) in [5.41, 5.74) is 1.46. The molecule has 0 aromatic heterocycles. The number of methoxy groups -OCH3 is 1. The van der Waals surface area contributed by atoms with Crippen LogP contribution in [0.1, 0.15) is 5.56 Å². The summed E-state index contributed by atoms with van der Waals surface area (Å²) < 4.78 is 36.1. The van der Waals surface area contributed by atoms with Gasteiger partial charge in [0.15, 0.2) is 0 Å². The van der Waals surface area contributed by atoms with Crippen molar-refractivity contribution in [2.75, 3.05) is 37.9 Å². The first-order chi connectivity index (χ1) is 14.3. The number of carbonyl (C=O) groups is 2. The van der Waals surface area contributed by atoms with E-state index in [4.69, 9.17) is 9.47 Å². The summed E-state index contributed by atoms with van der Waals surface area (Å²) in [6, 6.07) is 16.3. The van der Waals surface area contributed by atoms with Crippen molar-refractivity contribution in [3.8, 4) is 5.75 Å². The van der Waals surface area contributed by atoms with Crippen LogP contribution in [0.2, 0.25) is 0 Å². The number of fused-ring (bicyclic) bond motifs is 1. The minimum Gasteiger partial charge on any atom is -0.475 e. The number of rotatable bonds is 7. The van der Waals surface area contributed by atoms with Gasteiger partial charge in [-0.3, -0.25) is 4.79 Å². The third kappa shape index (κ3) is 5.17. The quantitative estimate of drug-likeness (QED) is 0.615. The van der Waals surface area contributed by atoms with Gasteiger partial charge in [0.2, 0.25) is 22.0 Å². The number of benzene rings is 2. The van der Waals surface area contributed by atoms with Gasteiger partial charge in [0.1, 0.15) is 5.75 Å². The topological polar surface area (TPSA) is 93.2 Å². The van der Waals surface area contributed by atoms with Gasteiger partial charge in [-0.1, -0.05) is 42.5 Å². The van der Waals surface area contributed by atoms with Crippen LogP contribution in [0.25, 0.3) is 0 Å². The van der Waals surface area contributed by atoms with Crippen molar-refractivity contribution < 1.29 is 27.5 Å². The highest BCUT2D eigenvalue weighted by Crippen LogP contribution is 2.33. The van der Waals surface area contributed by atoms with Crippen molar-refractivity contribution >= 4 is 27.6 Å². The molecule has 0 fully saturated rings. The fourth-order valence-electron chi connectivity index (χ4n) is 3.22. The van der Waals surface area contributed by atoms with Crippen LogP contribution in [0.15, 0.2) is 54.6 Å². The summed E-state index contributed by atoms with van der Waals surface area (Å²) in [4.78, 5) is 26.5. The number of nitrogens with zero attached hydrogens (tertiary/aromatic N) is 2. The fourth-order valence-corrected chi connectivity index (χ4v) is 3.99. The van der Waals surface area contributed by atoms with Crippen molar-refractivity contribution in [2.45, 2.75) is 12.5 Å². The molecule has 3 rings (SSSR count). The molecule has 0 radical (unpaired) electrons. The van der Waals surface area contributed by atoms with Crippen LogP contribution >= 0.6 is 0 Å². The van der Waals surface area contributed by atoms with Crippen LogP contribution in [-0.4, -0.2) is 63.7 Å². The van der Waals surface area contributed by atoms with Crippen molar-refractivity contribution in [1.29, 1.82) is 0 Å². The summed E-state index contributed by atoms with van der Waals surface area (Å²) in [6.07, 6.45) is 0.575. The molecule has 1 atom stereocenters. The van der Waals surface area contributed by atoms with E-state index in [0.29, 0.717) is 17.9 Å². The standard InChI is InChI=1S/C21H24N2O6S/c1-28-21(25)19-14-23(17-10-6-7-11-18(17)29-19)20(24)15-22(30(2,26)27)13-12-16-8-4-3-5-9-16/h3-11,19H,12-15H2,1-2H3/t19-/m1/s1. The third-order valence-electron chi connectivity index (χ3n) is 4.81. The number of para-hydroxylation sites is 2. The SMILES string of the molecule is COC(=O)[C@H]1CN(C(=O)CN(CCc2ccccc2)S(C)(=O)=O)c2ccccc2O1. The maximum absolute atomic E-state index is 13.1. The Balaban J connectivity index is 1.79. The average molecular weight is 432 g/mol. The largest absolute Gasteiger partial charge is 0.475 e. The molecule has 0 bridgehead atoms. The zero-order valence-corrected chi connectivity index (χ0v) is 17.7. The van der Waals surface area contributed by atoms with Gasteiger partial charge in [-0.2, -0.15) is 4.31 Å². The number of anilines is 1. The van der Waals surface area contributed by atoms with E-state index in [2.05, 4.69) is 0 Å². The van der Waals surface area contributed by atoms with Gasteiger partial charge < -0.3 is 14.4 Å². The maximum atomic E-state index is 13.1. The van der Waals surface area contributed by atoms with Gasteiger partial charge in [-0.15, -0.1) is 0 Å². The van der Waals surface area contributed by atoms with Gasteiger partial charge in [0.05, 0.1) is 32.1 Å². The lowest BCUT2D eigenvalue weighted by molar-refractivity contribution is -0.148. The molecule has 0 saturated carbocycles. The minimum atomic E-state index is -3.62. The molecule has 9 heteroatoms. The highest BCUT2D eigenvalue weighted by atomic mass is 32.2. The molecular formula is C21H24N2O6S. The van der Waals surface area contributed by atoms with E-state index < -0.39 is 28.0 Å².